The minimum Gasteiger partial charge on any atom is -0.477 e. The van der Waals surface area contributed by atoms with Gasteiger partial charge in [0.2, 0.25) is 12.0 Å². The fourth-order valence-electron chi connectivity index (χ4n) is 2.94. The fraction of sp³-hybridized carbons (Fsp3) is 0.208. The van der Waals surface area contributed by atoms with Crippen LogP contribution < -0.4 is 10.1 Å². The summed E-state index contributed by atoms with van der Waals surface area (Å²) in [6, 6.07) is 17.9. The highest BCUT2D eigenvalue weighted by Crippen LogP contribution is 2.25. The molecule has 154 valence electrons. The largest absolute Gasteiger partial charge is 0.477 e. The van der Waals surface area contributed by atoms with Crippen molar-refractivity contribution in [3.63, 3.8) is 0 Å². The van der Waals surface area contributed by atoms with Crippen LogP contribution in [0.5, 0.6) is 5.88 Å². The van der Waals surface area contributed by atoms with Gasteiger partial charge in [-0.25, -0.2) is 9.78 Å². The molecule has 6 heteroatoms. The van der Waals surface area contributed by atoms with Gasteiger partial charge in [0, 0.05) is 17.4 Å². The average Bonchev–Trinajstić information content (AvgIpc) is 2.75. The molecule has 6 nitrogen and oxygen atoms in total. The van der Waals surface area contributed by atoms with Crippen molar-refractivity contribution in [2.45, 2.75) is 26.9 Å². The molecule has 1 aromatic heterocycles. The monoisotopic (exact) mass is 404 g/mol. The van der Waals surface area contributed by atoms with Gasteiger partial charge in [-0.2, -0.15) is 0 Å². The Balaban J connectivity index is 1.89. The number of pyridine rings is 1. The number of esters is 1. The molecule has 1 atom stereocenters. The van der Waals surface area contributed by atoms with Gasteiger partial charge in [-0.05, 0) is 50.1 Å². The van der Waals surface area contributed by atoms with Crippen molar-refractivity contribution in [3.8, 4) is 5.88 Å². The molecule has 0 aliphatic carbocycles. The molecule has 3 aromatic rings. The maximum Gasteiger partial charge on any atom is 0.344 e. The molecule has 0 radical (unpaired) electrons. The normalized spacial score (nSPS) is 11.4. The van der Waals surface area contributed by atoms with Crippen LogP contribution in [0.1, 0.15) is 40.1 Å². The van der Waals surface area contributed by atoms with Gasteiger partial charge >= 0.3 is 5.97 Å². The number of aromatic nitrogens is 1. The number of benzene rings is 2. The van der Waals surface area contributed by atoms with E-state index in [1.54, 1.807) is 43.3 Å². The summed E-state index contributed by atoms with van der Waals surface area (Å²) in [5.74, 6) is -0.951. The lowest BCUT2D eigenvalue weighted by atomic mass is 10.1. The van der Waals surface area contributed by atoms with E-state index in [0.29, 0.717) is 17.9 Å². The molecule has 1 amide bonds. The number of hydrogen-bond acceptors (Lipinski definition) is 5. The Kier molecular flexibility index (Phi) is 6.80. The van der Waals surface area contributed by atoms with E-state index in [9.17, 15) is 9.59 Å². The quantitative estimate of drug-likeness (QED) is 0.581. The van der Waals surface area contributed by atoms with Gasteiger partial charge in [-0.15, -0.1) is 0 Å². The van der Waals surface area contributed by atoms with E-state index in [4.69, 9.17) is 9.47 Å². The number of aryl methyl sites for hydroxylation is 2. The summed E-state index contributed by atoms with van der Waals surface area (Å²) < 4.78 is 11.1. The molecule has 0 bridgehead atoms. The number of nitrogens with zero attached hydrogens (tertiary/aromatic N) is 1. The highest BCUT2D eigenvalue weighted by Gasteiger charge is 2.27. The van der Waals surface area contributed by atoms with Gasteiger partial charge in [-0.3, -0.25) is 4.79 Å². The Bertz CT molecular complexity index is 1030. The number of ether oxygens (including phenoxy) is 2. The zero-order valence-corrected chi connectivity index (χ0v) is 17.2. The fourth-order valence-corrected chi connectivity index (χ4v) is 2.94. The molecule has 0 fully saturated rings. The summed E-state index contributed by atoms with van der Waals surface area (Å²) in [5, 5.41) is 2.88. The van der Waals surface area contributed by atoms with E-state index in [2.05, 4.69) is 10.3 Å². The number of carbonyl (C=O) groups excluding carboxylic acids is 2. The zero-order valence-electron chi connectivity index (χ0n) is 17.2. The molecule has 0 spiro atoms. The smallest absolute Gasteiger partial charge is 0.344 e. The standard InChI is InChI=1S/C24H24N2O4/c1-4-29-23-19(11-8-14-25-23)24(28)30-21(18-9-6-5-7-10-18)22(27)26-20-15-16(2)12-13-17(20)3/h5-15,21H,4H2,1-3H3,(H,26,27)/t21-/m0/s1. The summed E-state index contributed by atoms with van der Waals surface area (Å²) in [5.41, 5.74) is 3.34. The van der Waals surface area contributed by atoms with Crippen LogP contribution >= 0.6 is 0 Å². The van der Waals surface area contributed by atoms with Crippen molar-refractivity contribution in [1.29, 1.82) is 0 Å². The summed E-state index contributed by atoms with van der Waals surface area (Å²) in [7, 11) is 0. The van der Waals surface area contributed by atoms with Gasteiger partial charge < -0.3 is 14.8 Å². The summed E-state index contributed by atoms with van der Waals surface area (Å²) in [4.78, 5) is 30.1. The Labute approximate surface area is 175 Å². The summed E-state index contributed by atoms with van der Waals surface area (Å²) in [6.07, 6.45) is 0.400. The third-order valence-corrected chi connectivity index (χ3v) is 4.49. The molecule has 3 rings (SSSR count). The average molecular weight is 404 g/mol. The first-order valence-electron chi connectivity index (χ1n) is 9.71. The predicted octanol–water partition coefficient (Wildman–Crippen LogP) is 4.63. The third kappa shape index (κ3) is 5.03. The first-order valence-corrected chi connectivity index (χ1v) is 9.71. The molecule has 0 aliphatic heterocycles. The van der Waals surface area contributed by atoms with E-state index in [0.717, 1.165) is 11.1 Å². The van der Waals surface area contributed by atoms with Crippen LogP contribution in [0.2, 0.25) is 0 Å². The maximum atomic E-state index is 13.1. The molecular formula is C24H24N2O4. The van der Waals surface area contributed by atoms with Crippen molar-refractivity contribution in [2.75, 3.05) is 11.9 Å². The van der Waals surface area contributed by atoms with Gasteiger partial charge in [0.1, 0.15) is 5.56 Å². The number of rotatable bonds is 7. The molecule has 0 saturated heterocycles. The van der Waals surface area contributed by atoms with Crippen LogP contribution in [0.3, 0.4) is 0 Å². The number of hydrogen-bond donors (Lipinski definition) is 1. The van der Waals surface area contributed by atoms with Crippen molar-refractivity contribution >= 4 is 17.6 Å². The number of nitrogens with one attached hydrogen (secondary N) is 1. The molecule has 2 aromatic carbocycles. The minimum absolute atomic E-state index is 0.166. The Hall–Kier alpha value is -3.67. The second kappa shape index (κ2) is 9.69. The summed E-state index contributed by atoms with van der Waals surface area (Å²) in [6.45, 7) is 6.00. The SMILES string of the molecule is CCOc1ncccc1C(=O)O[C@H](C(=O)Nc1cc(C)ccc1C)c1ccccc1. The Morgan fingerprint density at radius 2 is 1.80 bits per heavy atom. The maximum absolute atomic E-state index is 13.1. The number of carbonyl (C=O) groups is 2. The van der Waals surface area contributed by atoms with E-state index in [1.807, 2.05) is 38.1 Å². The first-order chi connectivity index (χ1) is 14.5. The number of amides is 1. The van der Waals surface area contributed by atoms with Crippen LogP contribution in [-0.4, -0.2) is 23.5 Å². The highest BCUT2D eigenvalue weighted by molar-refractivity contribution is 5.99. The van der Waals surface area contributed by atoms with Crippen molar-refractivity contribution in [1.82, 2.24) is 4.98 Å². The van der Waals surface area contributed by atoms with Crippen molar-refractivity contribution in [2.24, 2.45) is 0 Å². The molecule has 0 saturated carbocycles. The van der Waals surface area contributed by atoms with E-state index < -0.39 is 18.0 Å². The highest BCUT2D eigenvalue weighted by atomic mass is 16.6. The topological polar surface area (TPSA) is 77.5 Å². The predicted molar refractivity (Wildman–Crippen MR) is 115 cm³/mol. The van der Waals surface area contributed by atoms with Crippen molar-refractivity contribution < 1.29 is 19.1 Å². The molecule has 1 heterocycles. The lowest BCUT2D eigenvalue weighted by Gasteiger charge is -2.19. The second-order valence-electron chi connectivity index (χ2n) is 6.79. The number of anilines is 1. The van der Waals surface area contributed by atoms with Gasteiger partial charge in [0.15, 0.2) is 0 Å². The van der Waals surface area contributed by atoms with Crippen LogP contribution in [0.25, 0.3) is 0 Å². The van der Waals surface area contributed by atoms with Crippen LogP contribution in [0.4, 0.5) is 5.69 Å². The molecule has 30 heavy (non-hydrogen) atoms. The Morgan fingerprint density at radius 1 is 1.03 bits per heavy atom. The summed E-state index contributed by atoms with van der Waals surface area (Å²) >= 11 is 0. The first kappa shape index (κ1) is 21.0. The van der Waals surface area contributed by atoms with Gasteiger partial charge in [0.25, 0.3) is 5.91 Å². The lowest BCUT2D eigenvalue weighted by Crippen LogP contribution is -2.26. The van der Waals surface area contributed by atoms with Crippen LogP contribution in [-0.2, 0) is 9.53 Å². The van der Waals surface area contributed by atoms with Gasteiger partial charge in [0.05, 0.1) is 6.61 Å². The minimum atomic E-state index is -1.13. The third-order valence-electron chi connectivity index (χ3n) is 4.49. The van der Waals surface area contributed by atoms with Crippen molar-refractivity contribution in [3.05, 3.63) is 89.1 Å². The molecular weight excluding hydrogens is 380 g/mol. The van der Waals surface area contributed by atoms with Gasteiger partial charge in [-0.1, -0.05) is 42.5 Å². The van der Waals surface area contributed by atoms with E-state index in [-0.39, 0.29) is 11.4 Å². The Morgan fingerprint density at radius 3 is 2.53 bits per heavy atom. The molecule has 0 unspecified atom stereocenters. The van der Waals surface area contributed by atoms with Crippen LogP contribution in [0.15, 0.2) is 66.9 Å². The van der Waals surface area contributed by atoms with E-state index in [1.165, 1.54) is 6.20 Å². The lowest BCUT2D eigenvalue weighted by molar-refractivity contribution is -0.125. The van der Waals surface area contributed by atoms with E-state index >= 15 is 0 Å². The zero-order chi connectivity index (χ0) is 21.5. The molecule has 1 N–H and O–H groups in total. The molecule has 0 aliphatic rings. The van der Waals surface area contributed by atoms with Crippen LogP contribution in [0, 0.1) is 13.8 Å². The second-order valence-corrected chi connectivity index (χ2v) is 6.79.